The Morgan fingerprint density at radius 1 is 1.19 bits per heavy atom. The maximum atomic E-state index is 10.6. The number of aliphatic hydroxyl groups excluding tert-OH is 1. The lowest BCUT2D eigenvalue weighted by Crippen LogP contribution is -2.30. The topological polar surface area (TPSA) is 57.5 Å². The molecule has 0 saturated heterocycles. The maximum Gasteiger partial charge on any atom is 0.328 e. The fourth-order valence-electron chi connectivity index (χ4n) is 3.89. The van der Waals surface area contributed by atoms with E-state index in [1.807, 2.05) is 12.2 Å². The van der Waals surface area contributed by atoms with Gasteiger partial charge in [-0.05, 0) is 68.9 Å². The molecular formula is C24H36O3. The van der Waals surface area contributed by atoms with E-state index in [0.717, 1.165) is 24.8 Å². The molecule has 1 aliphatic rings. The van der Waals surface area contributed by atoms with Crippen LogP contribution in [0.1, 0.15) is 66.7 Å². The average molecular weight is 373 g/mol. The Hall–Kier alpha value is -1.87. The molecule has 150 valence electrons. The number of carbonyl (C=O) groups is 1. The van der Waals surface area contributed by atoms with Crippen LogP contribution in [0.5, 0.6) is 0 Å². The van der Waals surface area contributed by atoms with Crippen LogP contribution in [0.4, 0.5) is 0 Å². The fourth-order valence-corrected chi connectivity index (χ4v) is 3.89. The molecule has 0 heterocycles. The Kier molecular flexibility index (Phi) is 9.51. The van der Waals surface area contributed by atoms with Crippen LogP contribution in [-0.2, 0) is 4.79 Å². The van der Waals surface area contributed by atoms with Gasteiger partial charge in [-0.3, -0.25) is 0 Å². The van der Waals surface area contributed by atoms with Gasteiger partial charge in [-0.2, -0.15) is 0 Å². The average Bonchev–Trinajstić information content (AvgIpc) is 2.56. The van der Waals surface area contributed by atoms with Crippen LogP contribution in [0, 0.1) is 11.3 Å². The first-order valence-electron chi connectivity index (χ1n) is 9.93. The number of hydrogen-bond acceptors (Lipinski definition) is 2. The third kappa shape index (κ3) is 7.72. The van der Waals surface area contributed by atoms with Crippen LogP contribution in [0.2, 0.25) is 0 Å². The van der Waals surface area contributed by atoms with Crippen molar-refractivity contribution >= 4 is 5.97 Å². The zero-order valence-corrected chi connectivity index (χ0v) is 17.6. The van der Waals surface area contributed by atoms with Crippen molar-refractivity contribution in [2.75, 3.05) is 6.61 Å². The Morgan fingerprint density at radius 3 is 2.52 bits per heavy atom. The van der Waals surface area contributed by atoms with Crippen LogP contribution >= 0.6 is 0 Å². The number of aliphatic carboxylic acids is 1. The van der Waals surface area contributed by atoms with Crippen molar-refractivity contribution in [3.63, 3.8) is 0 Å². The first-order valence-corrected chi connectivity index (χ1v) is 9.93. The highest BCUT2D eigenvalue weighted by Gasteiger charge is 2.35. The van der Waals surface area contributed by atoms with Crippen molar-refractivity contribution in [1.29, 1.82) is 0 Å². The summed E-state index contributed by atoms with van der Waals surface area (Å²) >= 11 is 0. The summed E-state index contributed by atoms with van der Waals surface area (Å²) < 4.78 is 0. The van der Waals surface area contributed by atoms with E-state index in [4.69, 9.17) is 10.2 Å². The highest BCUT2D eigenvalue weighted by Crippen LogP contribution is 2.47. The van der Waals surface area contributed by atoms with Gasteiger partial charge in [-0.15, -0.1) is 0 Å². The number of carboxylic acid groups (broad SMARTS) is 1. The standard InChI is InChI=1S/C24H36O3/c1-18(9-8-10-19(2)17-23(26)27)12-15-22-20(3)13-14-21(24(22,4)5)11-6-7-16-25/h8-10,12,15,17,21,25H,6-7,11,13-14,16H2,1-5H3,(H,26,27)/b10-8+,15-12+,18-9-,19-17+. The molecule has 1 aliphatic carbocycles. The quantitative estimate of drug-likeness (QED) is 0.297. The van der Waals surface area contributed by atoms with E-state index >= 15 is 0 Å². The molecule has 0 bridgehead atoms. The van der Waals surface area contributed by atoms with Crippen LogP contribution in [0.25, 0.3) is 0 Å². The minimum Gasteiger partial charge on any atom is -0.478 e. The van der Waals surface area contributed by atoms with Gasteiger partial charge in [0.05, 0.1) is 0 Å². The van der Waals surface area contributed by atoms with Gasteiger partial charge < -0.3 is 10.2 Å². The number of rotatable bonds is 9. The molecule has 0 fully saturated rings. The molecule has 1 unspecified atom stereocenters. The van der Waals surface area contributed by atoms with Crippen molar-refractivity contribution in [3.8, 4) is 0 Å². The molecule has 0 aromatic rings. The Balaban J connectivity index is 2.86. The van der Waals surface area contributed by atoms with E-state index in [-0.39, 0.29) is 12.0 Å². The second kappa shape index (κ2) is 11.1. The second-order valence-electron chi connectivity index (χ2n) is 8.20. The zero-order chi connectivity index (χ0) is 20.4. The van der Waals surface area contributed by atoms with Gasteiger partial charge in [0.1, 0.15) is 0 Å². The predicted octanol–water partition coefficient (Wildman–Crippen LogP) is 5.99. The monoisotopic (exact) mass is 372 g/mol. The largest absolute Gasteiger partial charge is 0.478 e. The molecule has 1 atom stereocenters. The molecule has 1 rings (SSSR count). The molecule has 0 aliphatic heterocycles. The highest BCUT2D eigenvalue weighted by atomic mass is 16.4. The predicted molar refractivity (Wildman–Crippen MR) is 114 cm³/mol. The van der Waals surface area contributed by atoms with E-state index in [1.54, 1.807) is 13.0 Å². The van der Waals surface area contributed by atoms with Crippen LogP contribution < -0.4 is 0 Å². The van der Waals surface area contributed by atoms with E-state index in [9.17, 15) is 4.79 Å². The third-order valence-corrected chi connectivity index (χ3v) is 5.59. The van der Waals surface area contributed by atoms with Crippen LogP contribution in [0.3, 0.4) is 0 Å². The molecular weight excluding hydrogens is 336 g/mol. The minimum atomic E-state index is -0.923. The number of hydrogen-bond donors (Lipinski definition) is 2. The summed E-state index contributed by atoms with van der Waals surface area (Å²) in [4.78, 5) is 10.6. The molecule has 0 aromatic carbocycles. The molecule has 0 saturated carbocycles. The SMILES string of the molecule is CC1=C(/C=C/C(C)=C\C=C\C(C)=C\C(=O)O)C(C)(C)C(CCCCO)CC1. The van der Waals surface area contributed by atoms with Crippen LogP contribution in [0.15, 0.2) is 58.7 Å². The maximum absolute atomic E-state index is 10.6. The lowest BCUT2D eigenvalue weighted by atomic mass is 9.64. The molecule has 0 radical (unpaired) electrons. The normalized spacial score (nSPS) is 21.5. The second-order valence-corrected chi connectivity index (χ2v) is 8.20. The Bertz CT molecular complexity index is 657. The fraction of sp³-hybridized carbons (Fsp3) is 0.542. The Morgan fingerprint density at radius 2 is 1.89 bits per heavy atom. The van der Waals surface area contributed by atoms with Gasteiger partial charge in [0.2, 0.25) is 0 Å². The number of allylic oxidation sites excluding steroid dienone is 9. The lowest BCUT2D eigenvalue weighted by molar-refractivity contribution is -0.131. The van der Waals surface area contributed by atoms with Gasteiger partial charge >= 0.3 is 5.97 Å². The molecule has 3 heteroatoms. The molecule has 27 heavy (non-hydrogen) atoms. The zero-order valence-electron chi connectivity index (χ0n) is 17.6. The van der Waals surface area contributed by atoms with Crippen molar-refractivity contribution in [2.45, 2.75) is 66.7 Å². The third-order valence-electron chi connectivity index (χ3n) is 5.59. The number of aliphatic hydroxyl groups is 1. The smallest absolute Gasteiger partial charge is 0.328 e. The van der Waals surface area contributed by atoms with E-state index < -0.39 is 5.97 Å². The lowest BCUT2D eigenvalue weighted by Gasteiger charge is -2.41. The van der Waals surface area contributed by atoms with Gasteiger partial charge in [0, 0.05) is 12.7 Å². The minimum absolute atomic E-state index is 0.144. The van der Waals surface area contributed by atoms with Crippen molar-refractivity contribution in [3.05, 3.63) is 58.7 Å². The molecule has 2 N–H and O–H groups in total. The van der Waals surface area contributed by atoms with Gasteiger partial charge in [0.15, 0.2) is 0 Å². The summed E-state index contributed by atoms with van der Waals surface area (Å²) in [6.45, 7) is 11.1. The number of carboxylic acids is 1. The highest BCUT2D eigenvalue weighted by molar-refractivity contribution is 5.81. The van der Waals surface area contributed by atoms with E-state index in [0.29, 0.717) is 11.5 Å². The molecule has 3 nitrogen and oxygen atoms in total. The van der Waals surface area contributed by atoms with Crippen molar-refractivity contribution in [1.82, 2.24) is 0 Å². The van der Waals surface area contributed by atoms with Crippen LogP contribution in [-0.4, -0.2) is 22.8 Å². The van der Waals surface area contributed by atoms with E-state index in [2.05, 4.69) is 39.8 Å². The summed E-state index contributed by atoms with van der Waals surface area (Å²) in [5.41, 5.74) is 4.89. The van der Waals surface area contributed by atoms with Gasteiger partial charge in [-0.1, -0.05) is 61.8 Å². The van der Waals surface area contributed by atoms with Crippen molar-refractivity contribution < 1.29 is 15.0 Å². The number of unbranched alkanes of at least 4 members (excludes halogenated alkanes) is 1. The molecule has 0 aromatic heterocycles. The summed E-state index contributed by atoms with van der Waals surface area (Å²) in [6, 6.07) is 0. The van der Waals surface area contributed by atoms with E-state index in [1.165, 1.54) is 30.1 Å². The van der Waals surface area contributed by atoms with Gasteiger partial charge in [-0.25, -0.2) is 4.79 Å². The van der Waals surface area contributed by atoms with Gasteiger partial charge in [0.25, 0.3) is 0 Å². The summed E-state index contributed by atoms with van der Waals surface area (Å²) in [6.07, 6.45) is 16.8. The van der Waals surface area contributed by atoms with Crippen molar-refractivity contribution in [2.24, 2.45) is 11.3 Å². The molecule has 0 amide bonds. The summed E-state index contributed by atoms with van der Waals surface area (Å²) in [5, 5.41) is 17.8. The molecule has 0 spiro atoms. The first-order chi connectivity index (χ1) is 12.7. The summed E-state index contributed by atoms with van der Waals surface area (Å²) in [7, 11) is 0. The first kappa shape index (κ1) is 23.2. The Labute approximate surface area is 164 Å². The summed E-state index contributed by atoms with van der Waals surface area (Å²) in [5.74, 6) is -0.270.